The van der Waals surface area contributed by atoms with Crippen LogP contribution in [0.15, 0.2) is 24.3 Å². The normalized spacial score (nSPS) is 14.1. The van der Waals surface area contributed by atoms with Gasteiger partial charge in [-0.1, -0.05) is 11.6 Å². The number of carboxylic acids is 1. The van der Waals surface area contributed by atoms with Gasteiger partial charge >= 0.3 is 5.97 Å². The van der Waals surface area contributed by atoms with Crippen molar-refractivity contribution in [3.63, 3.8) is 0 Å². The maximum absolute atomic E-state index is 10.8. The Morgan fingerprint density at radius 1 is 1.35 bits per heavy atom. The molecular weight excluding hydrogens is 242 g/mol. The summed E-state index contributed by atoms with van der Waals surface area (Å²) < 4.78 is 0. The van der Waals surface area contributed by atoms with E-state index in [1.807, 2.05) is 0 Å². The highest BCUT2D eigenvalue weighted by Gasteiger charge is 2.21. The Kier molecular flexibility index (Phi) is 4.78. The smallest absolute Gasteiger partial charge is 0.323 e. The van der Waals surface area contributed by atoms with Crippen LogP contribution in [0.1, 0.15) is 13.8 Å². The minimum absolute atomic E-state index is 0.159. The molecule has 0 aliphatic rings. The first-order valence-corrected chi connectivity index (χ1v) is 5.71. The number of anilines is 1. The van der Waals surface area contributed by atoms with Gasteiger partial charge < -0.3 is 15.1 Å². The van der Waals surface area contributed by atoms with Crippen LogP contribution in [0.2, 0.25) is 5.02 Å². The summed E-state index contributed by atoms with van der Waals surface area (Å²) in [5.41, 5.74) is 0.727. The van der Waals surface area contributed by atoms with Crippen LogP contribution in [0.25, 0.3) is 0 Å². The van der Waals surface area contributed by atoms with Gasteiger partial charge in [0.05, 0.1) is 12.1 Å². The van der Waals surface area contributed by atoms with Gasteiger partial charge in [-0.15, -0.1) is 0 Å². The Morgan fingerprint density at radius 3 is 2.29 bits per heavy atom. The maximum atomic E-state index is 10.8. The molecule has 0 aliphatic heterocycles. The largest absolute Gasteiger partial charge is 0.480 e. The molecule has 1 rings (SSSR count). The lowest BCUT2D eigenvalue weighted by molar-refractivity contribution is -0.135. The van der Waals surface area contributed by atoms with Crippen LogP contribution in [0.4, 0.5) is 5.69 Å². The Hall–Kier alpha value is -1.26. The molecule has 17 heavy (non-hydrogen) atoms. The van der Waals surface area contributed by atoms with Crippen molar-refractivity contribution >= 4 is 23.3 Å². The lowest BCUT2D eigenvalue weighted by atomic mass is 10.1. The molecule has 0 fully saturated rings. The number of rotatable bonds is 5. The van der Waals surface area contributed by atoms with E-state index in [2.05, 4.69) is 0 Å². The van der Waals surface area contributed by atoms with Crippen LogP contribution in [-0.4, -0.2) is 34.9 Å². The van der Waals surface area contributed by atoms with E-state index >= 15 is 0 Å². The van der Waals surface area contributed by atoms with E-state index in [-0.39, 0.29) is 12.6 Å². The third-order valence-corrected chi connectivity index (χ3v) is 2.91. The Labute approximate surface area is 105 Å². The van der Waals surface area contributed by atoms with Crippen molar-refractivity contribution in [1.82, 2.24) is 0 Å². The van der Waals surface area contributed by atoms with Crippen molar-refractivity contribution < 1.29 is 15.0 Å². The summed E-state index contributed by atoms with van der Waals surface area (Å²) in [6, 6.07) is 6.59. The third kappa shape index (κ3) is 3.91. The van der Waals surface area contributed by atoms with Gasteiger partial charge in [0.2, 0.25) is 0 Å². The van der Waals surface area contributed by atoms with Crippen molar-refractivity contribution in [3.8, 4) is 0 Å². The van der Waals surface area contributed by atoms with E-state index in [1.54, 1.807) is 43.0 Å². The molecule has 1 aromatic carbocycles. The number of benzene rings is 1. The molecule has 2 N–H and O–H groups in total. The minimum Gasteiger partial charge on any atom is -0.480 e. The molecule has 1 aromatic rings. The van der Waals surface area contributed by atoms with Gasteiger partial charge in [0.15, 0.2) is 0 Å². The Bertz CT molecular complexity index is 378. The van der Waals surface area contributed by atoms with Gasteiger partial charge in [0.25, 0.3) is 0 Å². The second-order valence-electron chi connectivity index (χ2n) is 3.98. The first-order chi connectivity index (χ1) is 7.91. The number of carboxylic acid groups (broad SMARTS) is 1. The number of hydrogen-bond acceptors (Lipinski definition) is 3. The van der Waals surface area contributed by atoms with E-state index in [0.29, 0.717) is 5.02 Å². The number of aliphatic hydroxyl groups excluding tert-OH is 1. The van der Waals surface area contributed by atoms with Crippen molar-refractivity contribution in [2.24, 2.45) is 0 Å². The summed E-state index contributed by atoms with van der Waals surface area (Å²) in [4.78, 5) is 12.5. The Morgan fingerprint density at radius 2 is 1.88 bits per heavy atom. The molecule has 2 unspecified atom stereocenters. The lowest BCUT2D eigenvalue weighted by Gasteiger charge is -2.31. The van der Waals surface area contributed by atoms with Crippen molar-refractivity contribution in [3.05, 3.63) is 29.3 Å². The van der Waals surface area contributed by atoms with Crippen LogP contribution < -0.4 is 4.90 Å². The first kappa shape index (κ1) is 13.8. The molecule has 0 amide bonds. The Balaban J connectivity index is 2.97. The molecule has 94 valence electrons. The topological polar surface area (TPSA) is 60.8 Å². The van der Waals surface area contributed by atoms with E-state index in [4.69, 9.17) is 16.7 Å². The fourth-order valence-corrected chi connectivity index (χ4v) is 1.64. The van der Waals surface area contributed by atoms with E-state index in [1.165, 1.54) is 0 Å². The van der Waals surface area contributed by atoms with Gasteiger partial charge in [-0.25, -0.2) is 0 Å². The van der Waals surface area contributed by atoms with Crippen LogP contribution in [0.3, 0.4) is 0 Å². The van der Waals surface area contributed by atoms with Gasteiger partial charge in [0.1, 0.15) is 6.54 Å². The third-order valence-electron chi connectivity index (χ3n) is 2.65. The van der Waals surface area contributed by atoms with Crippen molar-refractivity contribution in [2.75, 3.05) is 11.4 Å². The molecule has 2 atom stereocenters. The van der Waals surface area contributed by atoms with Gasteiger partial charge in [-0.05, 0) is 38.1 Å². The summed E-state index contributed by atoms with van der Waals surface area (Å²) in [6.07, 6.45) is -0.620. The number of hydrogen-bond donors (Lipinski definition) is 2. The number of carbonyl (C=O) groups is 1. The van der Waals surface area contributed by atoms with Gasteiger partial charge in [-0.2, -0.15) is 0 Å². The van der Waals surface area contributed by atoms with Crippen LogP contribution in [-0.2, 0) is 4.79 Å². The standard InChI is InChI=1S/C12H16ClNO3/c1-8(9(2)15)14(7-12(16)17)11-5-3-10(13)4-6-11/h3-6,8-9,15H,7H2,1-2H3,(H,16,17). The molecule has 0 aliphatic carbocycles. The van der Waals surface area contributed by atoms with Gasteiger partial charge in [0, 0.05) is 10.7 Å². The predicted molar refractivity (Wildman–Crippen MR) is 67.6 cm³/mol. The lowest BCUT2D eigenvalue weighted by Crippen LogP contribution is -2.43. The molecule has 0 saturated carbocycles. The summed E-state index contributed by atoms with van der Waals surface area (Å²) in [5.74, 6) is -0.938. The molecule has 0 bridgehead atoms. The average molecular weight is 258 g/mol. The molecule has 0 spiro atoms. The van der Waals surface area contributed by atoms with Crippen LogP contribution in [0.5, 0.6) is 0 Å². The molecule has 5 heteroatoms. The summed E-state index contributed by atoms with van der Waals surface area (Å²) >= 11 is 5.78. The summed E-state index contributed by atoms with van der Waals surface area (Å²) in [5, 5.41) is 19.0. The van der Waals surface area contributed by atoms with Crippen LogP contribution in [0, 0.1) is 0 Å². The zero-order valence-corrected chi connectivity index (χ0v) is 10.6. The van der Waals surface area contributed by atoms with E-state index < -0.39 is 12.1 Å². The monoisotopic (exact) mass is 257 g/mol. The fourth-order valence-electron chi connectivity index (χ4n) is 1.51. The zero-order chi connectivity index (χ0) is 13.0. The molecule has 0 radical (unpaired) electrons. The zero-order valence-electron chi connectivity index (χ0n) is 9.80. The second-order valence-corrected chi connectivity index (χ2v) is 4.42. The maximum Gasteiger partial charge on any atom is 0.323 e. The van der Waals surface area contributed by atoms with E-state index in [0.717, 1.165) is 5.69 Å². The summed E-state index contributed by atoms with van der Waals surface area (Å²) in [6.45, 7) is 3.26. The molecule has 0 saturated heterocycles. The highest BCUT2D eigenvalue weighted by Crippen LogP contribution is 2.21. The molecular formula is C12H16ClNO3. The number of aliphatic carboxylic acids is 1. The quantitative estimate of drug-likeness (QED) is 0.847. The molecule has 0 heterocycles. The average Bonchev–Trinajstić information content (AvgIpc) is 2.26. The number of nitrogens with zero attached hydrogens (tertiary/aromatic N) is 1. The number of halogens is 1. The summed E-state index contributed by atoms with van der Waals surface area (Å²) in [7, 11) is 0. The molecule has 4 nitrogen and oxygen atoms in total. The minimum atomic E-state index is -0.938. The predicted octanol–water partition coefficient (Wildman–Crippen LogP) is 2.00. The van der Waals surface area contributed by atoms with Crippen molar-refractivity contribution in [1.29, 1.82) is 0 Å². The highest BCUT2D eigenvalue weighted by atomic mass is 35.5. The fraction of sp³-hybridized carbons (Fsp3) is 0.417. The SMILES string of the molecule is CC(O)C(C)N(CC(=O)O)c1ccc(Cl)cc1. The van der Waals surface area contributed by atoms with Crippen molar-refractivity contribution in [2.45, 2.75) is 26.0 Å². The first-order valence-electron chi connectivity index (χ1n) is 5.34. The van der Waals surface area contributed by atoms with Gasteiger partial charge in [-0.3, -0.25) is 4.79 Å². The second kappa shape index (κ2) is 5.89. The van der Waals surface area contributed by atoms with E-state index in [9.17, 15) is 9.90 Å². The number of aliphatic hydroxyl groups is 1. The van der Waals surface area contributed by atoms with Crippen LogP contribution >= 0.6 is 11.6 Å². The molecule has 0 aromatic heterocycles. The highest BCUT2D eigenvalue weighted by molar-refractivity contribution is 6.30.